The summed E-state index contributed by atoms with van der Waals surface area (Å²) in [6.45, 7) is 5.34. The van der Waals surface area contributed by atoms with Crippen LogP contribution in [0.2, 0.25) is 0 Å². The van der Waals surface area contributed by atoms with E-state index >= 15 is 0 Å². The van der Waals surface area contributed by atoms with Crippen LogP contribution in [0.4, 0.5) is 13.2 Å². The molecule has 1 aliphatic heterocycles. The lowest BCUT2D eigenvalue weighted by Crippen LogP contribution is -2.31. The van der Waals surface area contributed by atoms with E-state index < -0.39 is 35.4 Å². The van der Waals surface area contributed by atoms with Crippen LogP contribution >= 0.6 is 0 Å². The minimum Gasteiger partial charge on any atom is -0.388 e. The molecule has 0 aliphatic carbocycles. The third kappa shape index (κ3) is 6.08. The van der Waals surface area contributed by atoms with Gasteiger partial charge in [-0.05, 0) is 38.5 Å². The number of halogens is 3. The summed E-state index contributed by atoms with van der Waals surface area (Å²) in [5, 5.41) is 29.4. The number of aliphatic hydroxyl groups is 2. The first-order valence-corrected chi connectivity index (χ1v) is 9.19. The molecule has 1 aliphatic rings. The molecular formula is C21H24F3N3O3. The third-order valence-electron chi connectivity index (χ3n) is 4.31. The third-order valence-corrected chi connectivity index (χ3v) is 4.31. The van der Waals surface area contributed by atoms with Gasteiger partial charge in [-0.3, -0.25) is 4.79 Å². The summed E-state index contributed by atoms with van der Waals surface area (Å²) >= 11 is 0. The Bertz CT molecular complexity index is 898. The number of nitrogens with zero attached hydrogens (tertiary/aromatic N) is 1. The van der Waals surface area contributed by atoms with E-state index in [-0.39, 0.29) is 29.8 Å². The van der Waals surface area contributed by atoms with E-state index in [0.29, 0.717) is 0 Å². The van der Waals surface area contributed by atoms with Crippen LogP contribution in [0.5, 0.6) is 0 Å². The number of amides is 1. The number of carbonyl (C=O) groups is 1. The summed E-state index contributed by atoms with van der Waals surface area (Å²) in [6.07, 6.45) is -4.64. The smallest absolute Gasteiger partial charge is 0.388 e. The lowest BCUT2D eigenvalue weighted by molar-refractivity contribution is -0.137. The molecule has 0 unspecified atom stereocenters. The van der Waals surface area contributed by atoms with Crippen LogP contribution in [0.3, 0.4) is 0 Å². The van der Waals surface area contributed by atoms with Gasteiger partial charge in [0.15, 0.2) is 0 Å². The van der Waals surface area contributed by atoms with Gasteiger partial charge in [-0.1, -0.05) is 12.0 Å². The zero-order valence-electron chi connectivity index (χ0n) is 16.8. The predicted molar refractivity (Wildman–Crippen MR) is 107 cm³/mol. The fourth-order valence-electron chi connectivity index (χ4n) is 2.74. The summed E-state index contributed by atoms with van der Waals surface area (Å²) < 4.78 is 40.9. The highest BCUT2D eigenvalue weighted by Gasteiger charge is 2.34. The van der Waals surface area contributed by atoms with Gasteiger partial charge >= 0.3 is 6.18 Å². The Labute approximate surface area is 172 Å². The molecule has 4 N–H and O–H groups in total. The maximum absolute atomic E-state index is 13.6. The molecule has 2 rings (SSSR count). The number of likely N-dealkylation sites (tertiary alicyclic amines) is 1. The van der Waals surface area contributed by atoms with Crippen molar-refractivity contribution in [3.05, 3.63) is 41.1 Å². The lowest BCUT2D eigenvalue weighted by Gasteiger charge is -2.20. The van der Waals surface area contributed by atoms with Gasteiger partial charge in [-0.15, -0.1) is 0 Å². The van der Waals surface area contributed by atoms with Gasteiger partial charge in [0.2, 0.25) is 0 Å². The molecule has 1 aromatic rings. The quantitative estimate of drug-likeness (QED) is 0.442. The Morgan fingerprint density at radius 1 is 1.23 bits per heavy atom. The van der Waals surface area contributed by atoms with Gasteiger partial charge in [0.1, 0.15) is 0 Å². The normalized spacial score (nSPS) is 19.9. The molecule has 6 nitrogen and oxygen atoms in total. The van der Waals surface area contributed by atoms with Gasteiger partial charge in [-0.25, -0.2) is 0 Å². The molecule has 1 fully saturated rings. The first-order chi connectivity index (χ1) is 13.8. The molecule has 30 heavy (non-hydrogen) atoms. The molecule has 2 atom stereocenters. The molecule has 1 amide bonds. The second-order valence-electron chi connectivity index (χ2n) is 7.99. The van der Waals surface area contributed by atoms with Crippen LogP contribution in [-0.2, 0) is 11.0 Å². The standard InChI is InChI=1S/C21H24F3N3O3/c1-20(2,3)26-10-14(9-25)15-6-4-13(8-16(15)21(22,23)24)5-7-19(30)27-11-17(28)18(29)12-27/h4,6,8-10,17-18,25-26,28-29H,11-12H2,1-3H3/b14-10+,25-9?/t17-,18+. The predicted octanol–water partition coefficient (Wildman–Crippen LogP) is 2.00. The van der Waals surface area contributed by atoms with Crippen molar-refractivity contribution in [3.8, 4) is 11.8 Å². The molecule has 9 heteroatoms. The highest BCUT2D eigenvalue weighted by Crippen LogP contribution is 2.35. The van der Waals surface area contributed by atoms with Crippen LogP contribution in [0.25, 0.3) is 5.57 Å². The average molecular weight is 423 g/mol. The van der Waals surface area contributed by atoms with Crippen LogP contribution in [-0.4, -0.2) is 58.1 Å². The number of alkyl halides is 3. The molecule has 162 valence electrons. The number of aliphatic hydroxyl groups excluding tert-OH is 2. The Balaban J connectivity index is 2.36. The first kappa shape index (κ1) is 23.4. The number of rotatable bonds is 3. The minimum absolute atomic E-state index is 0.0205. The molecule has 1 aromatic carbocycles. The van der Waals surface area contributed by atoms with E-state index in [0.717, 1.165) is 17.2 Å². The monoisotopic (exact) mass is 423 g/mol. The van der Waals surface area contributed by atoms with E-state index in [1.807, 2.05) is 20.8 Å². The summed E-state index contributed by atoms with van der Waals surface area (Å²) in [7, 11) is 0. The van der Waals surface area contributed by atoms with Crippen molar-refractivity contribution in [2.45, 2.75) is 44.7 Å². The fourth-order valence-corrected chi connectivity index (χ4v) is 2.74. The minimum atomic E-state index is -4.69. The molecule has 1 saturated heterocycles. The number of β-amino-alcohol motifs (C(OH)–C–C–N with tert-alkyl or cyclic N) is 2. The molecular weight excluding hydrogens is 399 g/mol. The second-order valence-corrected chi connectivity index (χ2v) is 7.99. The van der Waals surface area contributed by atoms with Crippen LogP contribution in [0, 0.1) is 17.3 Å². The molecule has 0 saturated carbocycles. The van der Waals surface area contributed by atoms with E-state index in [1.165, 1.54) is 18.3 Å². The van der Waals surface area contributed by atoms with Crippen molar-refractivity contribution in [2.24, 2.45) is 0 Å². The van der Waals surface area contributed by atoms with Crippen molar-refractivity contribution >= 4 is 17.7 Å². The van der Waals surface area contributed by atoms with E-state index in [2.05, 4.69) is 17.2 Å². The molecule has 0 aromatic heterocycles. The van der Waals surface area contributed by atoms with Gasteiger partial charge in [-0.2, -0.15) is 13.2 Å². The number of allylic oxidation sites excluding steroid dienone is 1. The Hall–Kier alpha value is -2.83. The second kappa shape index (κ2) is 8.90. The number of hydrogen-bond donors (Lipinski definition) is 4. The number of nitrogens with one attached hydrogen (secondary N) is 2. The summed E-state index contributed by atoms with van der Waals surface area (Å²) in [5.41, 5.74) is -1.52. The van der Waals surface area contributed by atoms with Gasteiger partial charge < -0.3 is 25.8 Å². The Morgan fingerprint density at radius 2 is 1.83 bits per heavy atom. The zero-order valence-corrected chi connectivity index (χ0v) is 16.8. The average Bonchev–Trinajstić information content (AvgIpc) is 2.98. The first-order valence-electron chi connectivity index (χ1n) is 9.19. The maximum atomic E-state index is 13.6. The van der Waals surface area contributed by atoms with Gasteiger partial charge in [0, 0.05) is 35.0 Å². The van der Waals surface area contributed by atoms with Gasteiger partial charge in [0.05, 0.1) is 30.9 Å². The number of hydrogen-bond acceptors (Lipinski definition) is 5. The summed E-state index contributed by atoms with van der Waals surface area (Å²) in [4.78, 5) is 13.2. The van der Waals surface area contributed by atoms with Crippen molar-refractivity contribution in [1.29, 1.82) is 5.41 Å². The largest absolute Gasteiger partial charge is 0.417 e. The van der Waals surface area contributed by atoms with E-state index in [1.54, 1.807) is 0 Å². The summed E-state index contributed by atoms with van der Waals surface area (Å²) in [5.74, 6) is 3.95. The number of carbonyl (C=O) groups excluding carboxylic acids is 1. The van der Waals surface area contributed by atoms with Crippen molar-refractivity contribution < 1.29 is 28.2 Å². The van der Waals surface area contributed by atoms with Crippen LogP contribution in [0.1, 0.15) is 37.5 Å². The Kier molecular flexibility index (Phi) is 6.95. The van der Waals surface area contributed by atoms with Crippen molar-refractivity contribution in [1.82, 2.24) is 10.2 Å². The SMILES string of the molecule is CC(C)(C)N/C=C(\C=N)c1ccc(C#CC(=O)N2C[C@@H](O)[C@@H](O)C2)cc1C(F)(F)F. The van der Waals surface area contributed by atoms with Crippen molar-refractivity contribution in [3.63, 3.8) is 0 Å². The fraction of sp³-hybridized carbons (Fsp3) is 0.429. The lowest BCUT2D eigenvalue weighted by atomic mass is 9.97. The van der Waals surface area contributed by atoms with Crippen LogP contribution < -0.4 is 5.32 Å². The number of benzene rings is 1. The Morgan fingerprint density at radius 3 is 2.33 bits per heavy atom. The highest BCUT2D eigenvalue weighted by atomic mass is 19.4. The molecule has 1 heterocycles. The molecule has 0 bridgehead atoms. The molecule has 0 spiro atoms. The maximum Gasteiger partial charge on any atom is 0.417 e. The molecule has 0 radical (unpaired) electrons. The van der Waals surface area contributed by atoms with Gasteiger partial charge in [0.25, 0.3) is 5.91 Å². The topological polar surface area (TPSA) is 96.7 Å². The van der Waals surface area contributed by atoms with E-state index in [9.17, 15) is 28.2 Å². The van der Waals surface area contributed by atoms with E-state index in [4.69, 9.17) is 5.41 Å². The summed E-state index contributed by atoms with van der Waals surface area (Å²) in [6, 6.07) is 3.38. The highest BCUT2D eigenvalue weighted by molar-refractivity contribution is 6.08. The zero-order chi connectivity index (χ0) is 22.7. The van der Waals surface area contributed by atoms with Crippen LogP contribution in [0.15, 0.2) is 24.4 Å². The van der Waals surface area contributed by atoms with Crippen molar-refractivity contribution in [2.75, 3.05) is 13.1 Å².